The second kappa shape index (κ2) is 5.54. The number of carbonyl (C=O) groups excluding carboxylic acids is 1. The van der Waals surface area contributed by atoms with Crippen LogP contribution in [0.2, 0.25) is 5.02 Å². The van der Waals surface area contributed by atoms with E-state index >= 15 is 0 Å². The summed E-state index contributed by atoms with van der Waals surface area (Å²) in [5.41, 5.74) is 2.97. The molecule has 0 saturated heterocycles. The molecule has 0 aliphatic heterocycles. The molecule has 0 aliphatic rings. The first-order valence-corrected chi connectivity index (χ1v) is 6.94. The topological polar surface area (TPSA) is 34.4 Å². The van der Waals surface area contributed by atoms with Crippen LogP contribution in [0.5, 0.6) is 0 Å². The fourth-order valence-electron chi connectivity index (χ4n) is 2.27. The molecular weight excluding hydrogens is 284 g/mol. The maximum Gasteiger partial charge on any atom is 0.204 e. The van der Waals surface area contributed by atoms with Gasteiger partial charge in [-0.15, -0.1) is 0 Å². The molecule has 0 bridgehead atoms. The molecular formula is C17H13ClN2O. The summed E-state index contributed by atoms with van der Waals surface area (Å²) >= 11 is 5.93. The van der Waals surface area contributed by atoms with E-state index in [0.29, 0.717) is 10.7 Å². The zero-order chi connectivity index (χ0) is 14.8. The molecule has 0 N–H and O–H groups in total. The highest BCUT2D eigenvalue weighted by molar-refractivity contribution is 6.30. The molecule has 0 unspecified atom stereocenters. The quantitative estimate of drug-likeness (QED) is 0.536. The van der Waals surface area contributed by atoms with Crippen LogP contribution >= 0.6 is 11.6 Å². The first-order valence-electron chi connectivity index (χ1n) is 6.57. The van der Waals surface area contributed by atoms with E-state index in [9.17, 15) is 4.79 Å². The van der Waals surface area contributed by atoms with Gasteiger partial charge in [-0.05, 0) is 42.8 Å². The van der Waals surface area contributed by atoms with Gasteiger partial charge in [0, 0.05) is 11.2 Å². The molecule has 0 amide bonds. The van der Waals surface area contributed by atoms with Crippen LogP contribution in [0, 0.1) is 6.92 Å². The van der Waals surface area contributed by atoms with Crippen molar-refractivity contribution < 1.29 is 4.79 Å². The van der Waals surface area contributed by atoms with Crippen LogP contribution < -0.4 is 0 Å². The monoisotopic (exact) mass is 296 g/mol. The number of hydrogen-bond acceptors (Lipinski definition) is 2. The Bertz CT molecular complexity index is 849. The number of carbonyl (C=O) groups is 1. The Kier molecular flexibility index (Phi) is 3.59. The van der Waals surface area contributed by atoms with E-state index in [1.807, 2.05) is 49.5 Å². The summed E-state index contributed by atoms with van der Waals surface area (Å²) in [6.07, 6.45) is 5.15. The van der Waals surface area contributed by atoms with Crippen LogP contribution in [-0.4, -0.2) is 15.2 Å². The van der Waals surface area contributed by atoms with E-state index < -0.39 is 0 Å². The molecule has 3 aromatic rings. The second-order valence-corrected chi connectivity index (χ2v) is 5.16. The van der Waals surface area contributed by atoms with Crippen molar-refractivity contribution in [2.75, 3.05) is 0 Å². The van der Waals surface area contributed by atoms with Gasteiger partial charge in [-0.25, -0.2) is 4.98 Å². The number of allylic oxidation sites excluding steroid dienone is 1. The van der Waals surface area contributed by atoms with Crippen molar-refractivity contribution in [3.8, 4) is 0 Å². The van der Waals surface area contributed by atoms with Crippen molar-refractivity contribution >= 4 is 29.1 Å². The van der Waals surface area contributed by atoms with Crippen LogP contribution in [0.1, 0.15) is 21.7 Å². The van der Waals surface area contributed by atoms with Crippen LogP contribution in [0.3, 0.4) is 0 Å². The van der Waals surface area contributed by atoms with E-state index in [4.69, 9.17) is 11.6 Å². The zero-order valence-electron chi connectivity index (χ0n) is 11.5. The Balaban J connectivity index is 1.96. The van der Waals surface area contributed by atoms with Gasteiger partial charge in [-0.3, -0.25) is 9.20 Å². The maximum atomic E-state index is 12.4. The summed E-state index contributed by atoms with van der Waals surface area (Å²) < 4.78 is 1.81. The van der Waals surface area contributed by atoms with Crippen molar-refractivity contribution in [3.05, 3.63) is 76.7 Å². The summed E-state index contributed by atoms with van der Waals surface area (Å²) in [6, 6.07) is 13.0. The molecule has 0 saturated carbocycles. The van der Waals surface area contributed by atoms with Gasteiger partial charge in [0.05, 0.1) is 5.69 Å². The number of aryl methyl sites for hydroxylation is 1. The number of halogens is 1. The van der Waals surface area contributed by atoms with Crippen molar-refractivity contribution in [2.45, 2.75) is 6.92 Å². The molecule has 2 aromatic heterocycles. The van der Waals surface area contributed by atoms with E-state index in [0.717, 1.165) is 16.9 Å². The Labute approximate surface area is 127 Å². The minimum atomic E-state index is -0.0776. The highest BCUT2D eigenvalue weighted by Crippen LogP contribution is 2.15. The molecule has 0 spiro atoms. The van der Waals surface area contributed by atoms with Gasteiger partial charge in [0.15, 0.2) is 0 Å². The van der Waals surface area contributed by atoms with E-state index in [1.54, 1.807) is 22.6 Å². The van der Waals surface area contributed by atoms with Crippen LogP contribution in [0.25, 0.3) is 11.7 Å². The van der Waals surface area contributed by atoms with Gasteiger partial charge < -0.3 is 0 Å². The number of nitrogens with zero attached hydrogens (tertiary/aromatic N) is 2. The fourth-order valence-corrected chi connectivity index (χ4v) is 2.47. The zero-order valence-corrected chi connectivity index (χ0v) is 12.2. The smallest absolute Gasteiger partial charge is 0.204 e. The van der Waals surface area contributed by atoms with Gasteiger partial charge in [-0.1, -0.05) is 35.9 Å². The highest BCUT2D eigenvalue weighted by Gasteiger charge is 2.13. The van der Waals surface area contributed by atoms with Crippen molar-refractivity contribution in [3.63, 3.8) is 0 Å². The average molecular weight is 297 g/mol. The Morgan fingerprint density at radius 3 is 2.90 bits per heavy atom. The molecule has 0 radical (unpaired) electrons. The number of aromatic nitrogens is 2. The minimum absolute atomic E-state index is 0.0776. The number of hydrogen-bond donors (Lipinski definition) is 0. The van der Waals surface area contributed by atoms with Crippen LogP contribution in [-0.2, 0) is 0 Å². The van der Waals surface area contributed by atoms with Crippen molar-refractivity contribution in [2.24, 2.45) is 0 Å². The number of imidazole rings is 1. The Hall–Kier alpha value is -2.39. The van der Waals surface area contributed by atoms with E-state index in [1.165, 1.54) is 0 Å². The summed E-state index contributed by atoms with van der Waals surface area (Å²) in [4.78, 5) is 16.8. The molecule has 3 nitrogen and oxygen atoms in total. The third-order valence-corrected chi connectivity index (χ3v) is 3.45. The van der Waals surface area contributed by atoms with Gasteiger partial charge in [0.25, 0.3) is 0 Å². The molecule has 0 fully saturated rings. The van der Waals surface area contributed by atoms with E-state index in [2.05, 4.69) is 4.98 Å². The Morgan fingerprint density at radius 2 is 2.10 bits per heavy atom. The first kappa shape index (κ1) is 13.6. The van der Waals surface area contributed by atoms with Crippen molar-refractivity contribution in [1.82, 2.24) is 9.38 Å². The van der Waals surface area contributed by atoms with Crippen LogP contribution in [0.15, 0.2) is 54.7 Å². The fraction of sp³-hybridized carbons (Fsp3) is 0.0588. The predicted molar refractivity (Wildman–Crippen MR) is 84.7 cm³/mol. The third kappa shape index (κ3) is 2.73. The van der Waals surface area contributed by atoms with Gasteiger partial charge >= 0.3 is 0 Å². The molecule has 0 aliphatic carbocycles. The summed E-state index contributed by atoms with van der Waals surface area (Å²) in [5, 5.41) is 0.649. The lowest BCUT2D eigenvalue weighted by Crippen LogP contribution is -2.01. The molecule has 0 atom stereocenters. The van der Waals surface area contributed by atoms with Gasteiger partial charge in [0.2, 0.25) is 5.78 Å². The highest BCUT2D eigenvalue weighted by atomic mass is 35.5. The number of benzene rings is 1. The molecule has 2 heterocycles. The lowest BCUT2D eigenvalue weighted by atomic mass is 10.1. The second-order valence-electron chi connectivity index (χ2n) is 4.73. The Morgan fingerprint density at radius 1 is 1.24 bits per heavy atom. The minimum Gasteiger partial charge on any atom is -0.297 e. The molecule has 104 valence electrons. The third-order valence-electron chi connectivity index (χ3n) is 3.21. The first-order chi connectivity index (χ1) is 10.1. The summed E-state index contributed by atoms with van der Waals surface area (Å²) in [5.74, 6) is -0.0776. The predicted octanol–water partition coefficient (Wildman–Crippen LogP) is 4.19. The van der Waals surface area contributed by atoms with Gasteiger partial charge in [0.1, 0.15) is 11.3 Å². The largest absolute Gasteiger partial charge is 0.297 e. The molecule has 21 heavy (non-hydrogen) atoms. The number of ketones is 1. The summed E-state index contributed by atoms with van der Waals surface area (Å²) in [6.45, 7) is 1.84. The van der Waals surface area contributed by atoms with Gasteiger partial charge in [-0.2, -0.15) is 0 Å². The standard InChI is InChI=1S/C17H13ClN2O/c1-12-17(20-10-3-2-7-16(20)19-12)15(21)9-8-13-5-4-6-14(18)11-13/h2-11H,1H3. The van der Waals surface area contributed by atoms with Crippen LogP contribution in [0.4, 0.5) is 0 Å². The average Bonchev–Trinajstić information content (AvgIpc) is 2.81. The molecule has 1 aromatic carbocycles. The maximum absolute atomic E-state index is 12.4. The molecule has 3 rings (SSSR count). The lowest BCUT2D eigenvalue weighted by molar-refractivity contribution is 0.104. The number of pyridine rings is 1. The van der Waals surface area contributed by atoms with E-state index in [-0.39, 0.29) is 5.78 Å². The lowest BCUT2D eigenvalue weighted by Gasteiger charge is -1.98. The summed E-state index contributed by atoms with van der Waals surface area (Å²) in [7, 11) is 0. The SMILES string of the molecule is Cc1nc2ccccn2c1C(=O)C=Cc1cccc(Cl)c1. The normalized spacial score (nSPS) is 11.3. The number of rotatable bonds is 3. The van der Waals surface area contributed by atoms with Crippen molar-refractivity contribution in [1.29, 1.82) is 0 Å². The molecule has 4 heteroatoms. The number of fused-ring (bicyclic) bond motifs is 1.